The predicted molar refractivity (Wildman–Crippen MR) is 153 cm³/mol. The van der Waals surface area contributed by atoms with Crippen molar-refractivity contribution in [2.75, 3.05) is 39.4 Å². The van der Waals surface area contributed by atoms with Crippen molar-refractivity contribution in [2.24, 2.45) is 0 Å². The number of urea groups is 1. The van der Waals surface area contributed by atoms with E-state index in [1.165, 1.54) is 0 Å². The molecule has 0 saturated carbocycles. The molecule has 0 radical (unpaired) electrons. The van der Waals surface area contributed by atoms with Crippen LogP contribution in [0.2, 0.25) is 0 Å². The zero-order chi connectivity index (χ0) is 27.7. The van der Waals surface area contributed by atoms with Crippen molar-refractivity contribution in [3.63, 3.8) is 0 Å². The van der Waals surface area contributed by atoms with Crippen LogP contribution in [0, 0.1) is 0 Å². The summed E-state index contributed by atoms with van der Waals surface area (Å²) in [4.78, 5) is 14.2. The fraction of sp³-hybridized carbons (Fsp3) is 0.406. The highest BCUT2D eigenvalue weighted by Gasteiger charge is 2.33. The van der Waals surface area contributed by atoms with Crippen LogP contribution in [-0.4, -0.2) is 61.5 Å². The normalized spacial score (nSPS) is 21.6. The van der Waals surface area contributed by atoms with Crippen LogP contribution in [0.5, 0.6) is 0 Å². The van der Waals surface area contributed by atoms with E-state index in [0.29, 0.717) is 13.1 Å². The Bertz CT molecular complexity index is 1230. The van der Waals surface area contributed by atoms with E-state index in [9.17, 15) is 9.90 Å². The quantitative estimate of drug-likeness (QED) is 0.366. The molecule has 2 aliphatic rings. The van der Waals surface area contributed by atoms with E-state index < -0.39 is 6.29 Å². The van der Waals surface area contributed by atoms with Gasteiger partial charge in [-0.1, -0.05) is 66.7 Å². The van der Waals surface area contributed by atoms with Gasteiger partial charge in [-0.2, -0.15) is 0 Å². The highest BCUT2D eigenvalue weighted by molar-refractivity contribution is 5.73. The number of hydrogen-bond donors (Lipinski definition) is 3. The van der Waals surface area contributed by atoms with Crippen LogP contribution in [0.1, 0.15) is 48.0 Å². The van der Waals surface area contributed by atoms with Crippen LogP contribution in [-0.2, 0) is 27.4 Å². The SMILES string of the molecule is CCNC(=O)NCc1cccc(-c2ccc([C@H]3O[C@@H](CN4CCOCC4)C[C@@H](c4ccc(CO)cc4)O3)cc2)c1. The smallest absolute Gasteiger partial charge is 0.315 e. The van der Waals surface area contributed by atoms with Gasteiger partial charge in [-0.25, -0.2) is 4.79 Å². The monoisotopic (exact) mass is 545 g/mol. The molecule has 0 unspecified atom stereocenters. The Morgan fingerprint density at radius 1 is 0.900 bits per heavy atom. The maximum Gasteiger partial charge on any atom is 0.315 e. The van der Waals surface area contributed by atoms with Gasteiger partial charge in [0.25, 0.3) is 0 Å². The number of aliphatic hydroxyl groups is 1. The van der Waals surface area contributed by atoms with Crippen LogP contribution in [0.15, 0.2) is 72.8 Å². The van der Waals surface area contributed by atoms with Crippen molar-refractivity contribution >= 4 is 6.03 Å². The minimum atomic E-state index is -0.482. The van der Waals surface area contributed by atoms with Gasteiger partial charge in [-0.15, -0.1) is 0 Å². The average Bonchev–Trinajstić information content (AvgIpc) is 3.01. The maximum absolute atomic E-state index is 11.8. The van der Waals surface area contributed by atoms with Gasteiger partial charge in [-0.05, 0) is 40.8 Å². The molecule has 0 spiro atoms. The molecule has 212 valence electrons. The molecule has 8 nitrogen and oxygen atoms in total. The standard InChI is InChI=1S/C32H39N3O5/c1-2-33-32(37)34-20-24-4-3-5-28(18-24)25-10-12-27(13-11-25)31-39-29(21-35-14-16-38-17-15-35)19-30(40-31)26-8-6-23(22-36)7-9-26/h3-13,18,29-31,36H,2,14-17,19-22H2,1H3,(H2,33,34,37)/t29-,30+,31+/m1/s1. The summed E-state index contributed by atoms with van der Waals surface area (Å²) in [7, 11) is 0. The lowest BCUT2D eigenvalue weighted by molar-refractivity contribution is -0.253. The van der Waals surface area contributed by atoms with Crippen molar-refractivity contribution in [3.8, 4) is 11.1 Å². The number of hydrogen-bond acceptors (Lipinski definition) is 6. The Morgan fingerprint density at radius 2 is 1.65 bits per heavy atom. The molecule has 2 amide bonds. The Balaban J connectivity index is 1.30. The number of nitrogens with one attached hydrogen (secondary N) is 2. The first kappa shape index (κ1) is 28.3. The summed E-state index contributed by atoms with van der Waals surface area (Å²) in [6.45, 7) is 7.15. The second-order valence-electron chi connectivity index (χ2n) is 10.3. The minimum absolute atomic E-state index is 0.0214. The van der Waals surface area contributed by atoms with E-state index in [4.69, 9.17) is 14.2 Å². The molecule has 8 heteroatoms. The number of morpholine rings is 1. The van der Waals surface area contributed by atoms with Crippen LogP contribution in [0.4, 0.5) is 4.79 Å². The lowest BCUT2D eigenvalue weighted by Crippen LogP contribution is -2.44. The van der Waals surface area contributed by atoms with Gasteiger partial charge in [0.2, 0.25) is 0 Å². The van der Waals surface area contributed by atoms with Crippen LogP contribution in [0.3, 0.4) is 0 Å². The first-order valence-electron chi connectivity index (χ1n) is 14.1. The fourth-order valence-electron chi connectivity index (χ4n) is 5.20. The first-order valence-corrected chi connectivity index (χ1v) is 14.1. The minimum Gasteiger partial charge on any atom is -0.392 e. The van der Waals surface area contributed by atoms with E-state index in [2.05, 4.69) is 51.9 Å². The average molecular weight is 546 g/mol. The van der Waals surface area contributed by atoms with Gasteiger partial charge in [0.15, 0.2) is 6.29 Å². The lowest BCUT2D eigenvalue weighted by atomic mass is 9.99. The summed E-state index contributed by atoms with van der Waals surface area (Å²) in [6, 6.07) is 24.3. The number of benzene rings is 3. The third-order valence-corrected chi connectivity index (χ3v) is 7.41. The number of amides is 2. The molecule has 5 rings (SSSR count). The van der Waals surface area contributed by atoms with Gasteiger partial charge < -0.3 is 30.0 Å². The van der Waals surface area contributed by atoms with Gasteiger partial charge in [0.05, 0.1) is 32.0 Å². The topological polar surface area (TPSA) is 92.3 Å². The lowest BCUT2D eigenvalue weighted by Gasteiger charge is -2.39. The van der Waals surface area contributed by atoms with Gasteiger partial charge >= 0.3 is 6.03 Å². The third-order valence-electron chi connectivity index (χ3n) is 7.41. The molecule has 0 aliphatic carbocycles. The molecular formula is C32H39N3O5. The summed E-state index contributed by atoms with van der Waals surface area (Å²) < 4.78 is 18.6. The Hall–Kier alpha value is -3.27. The Kier molecular flexibility index (Phi) is 9.81. The van der Waals surface area contributed by atoms with Crippen LogP contribution in [0.25, 0.3) is 11.1 Å². The number of aliphatic hydroxyl groups excluding tert-OH is 1. The van der Waals surface area contributed by atoms with Gasteiger partial charge in [0, 0.05) is 44.7 Å². The summed E-state index contributed by atoms with van der Waals surface area (Å²) in [5.41, 5.74) is 6.15. The van der Waals surface area contributed by atoms with Crippen molar-refractivity contribution in [2.45, 2.75) is 45.0 Å². The Morgan fingerprint density at radius 3 is 2.38 bits per heavy atom. The molecule has 2 heterocycles. The fourth-order valence-corrected chi connectivity index (χ4v) is 5.20. The highest BCUT2D eigenvalue weighted by atomic mass is 16.7. The number of ether oxygens (including phenoxy) is 3. The van der Waals surface area contributed by atoms with E-state index in [1.54, 1.807) is 0 Å². The van der Waals surface area contributed by atoms with Crippen molar-refractivity contribution in [3.05, 3.63) is 95.1 Å². The van der Waals surface area contributed by atoms with E-state index in [-0.39, 0.29) is 24.8 Å². The molecule has 3 aromatic carbocycles. The second-order valence-corrected chi connectivity index (χ2v) is 10.3. The third kappa shape index (κ3) is 7.47. The molecule has 0 bridgehead atoms. The number of rotatable bonds is 9. The van der Waals surface area contributed by atoms with Crippen LogP contribution >= 0.6 is 0 Å². The number of carbonyl (C=O) groups is 1. The molecule has 3 atom stereocenters. The molecule has 2 aliphatic heterocycles. The second kappa shape index (κ2) is 13.9. The van der Waals surface area contributed by atoms with Crippen LogP contribution < -0.4 is 10.6 Å². The van der Waals surface area contributed by atoms with Gasteiger partial charge in [0.1, 0.15) is 0 Å². The van der Waals surface area contributed by atoms with Crippen molar-refractivity contribution < 1.29 is 24.1 Å². The zero-order valence-electron chi connectivity index (χ0n) is 23.1. The van der Waals surface area contributed by atoms with E-state index in [1.807, 2.05) is 43.3 Å². The number of nitrogens with zero attached hydrogens (tertiary/aromatic N) is 1. The largest absolute Gasteiger partial charge is 0.392 e. The maximum atomic E-state index is 11.8. The van der Waals surface area contributed by atoms with Crippen molar-refractivity contribution in [1.29, 1.82) is 0 Å². The predicted octanol–water partition coefficient (Wildman–Crippen LogP) is 4.54. The molecular weight excluding hydrogens is 506 g/mol. The highest BCUT2D eigenvalue weighted by Crippen LogP contribution is 2.38. The van der Waals surface area contributed by atoms with E-state index >= 15 is 0 Å². The molecule has 0 aromatic heterocycles. The van der Waals surface area contributed by atoms with E-state index in [0.717, 1.165) is 72.6 Å². The summed E-state index contributed by atoms with van der Waals surface area (Å²) in [5.74, 6) is 0. The molecule has 2 fully saturated rings. The zero-order valence-corrected chi connectivity index (χ0v) is 23.1. The summed E-state index contributed by atoms with van der Waals surface area (Å²) in [6.07, 6.45) is 0.199. The molecule has 40 heavy (non-hydrogen) atoms. The van der Waals surface area contributed by atoms with Crippen molar-refractivity contribution in [1.82, 2.24) is 15.5 Å². The summed E-state index contributed by atoms with van der Waals surface area (Å²) in [5, 5.41) is 15.1. The van der Waals surface area contributed by atoms with Gasteiger partial charge in [-0.3, -0.25) is 4.90 Å². The molecule has 3 aromatic rings. The Labute approximate surface area is 236 Å². The molecule has 3 N–H and O–H groups in total. The number of carbonyl (C=O) groups excluding carboxylic acids is 1. The first-order chi connectivity index (χ1) is 19.6. The summed E-state index contributed by atoms with van der Waals surface area (Å²) >= 11 is 0. The molecule has 2 saturated heterocycles.